The number of hydrogen-bond acceptors (Lipinski definition) is 1. The third-order valence-electron chi connectivity index (χ3n) is 4.73. The van der Waals surface area contributed by atoms with Gasteiger partial charge in [0.25, 0.3) is 0 Å². The molecule has 4 aromatic rings. The molecule has 0 unspecified atom stereocenters. The van der Waals surface area contributed by atoms with Gasteiger partial charge in [0.1, 0.15) is 0 Å². The highest BCUT2D eigenvalue weighted by Gasteiger charge is 2.11. The average molecular weight is 310 g/mol. The van der Waals surface area contributed by atoms with E-state index in [1.165, 1.54) is 16.5 Å². The van der Waals surface area contributed by atoms with Gasteiger partial charge in [-0.05, 0) is 58.7 Å². The zero-order valence-electron chi connectivity index (χ0n) is 13.8. The second-order valence-corrected chi connectivity index (χ2v) is 6.39. The lowest BCUT2D eigenvalue weighted by Crippen LogP contribution is -2.01. The Balaban J connectivity index is 1.80. The maximum Gasteiger partial charge on any atom is 0.193 e. The summed E-state index contributed by atoms with van der Waals surface area (Å²) >= 11 is 0. The van der Waals surface area contributed by atoms with Crippen LogP contribution >= 0.6 is 0 Å². The monoisotopic (exact) mass is 310 g/mol. The first-order valence-corrected chi connectivity index (χ1v) is 8.16. The maximum atomic E-state index is 12.9. The third-order valence-corrected chi connectivity index (χ3v) is 4.73. The molecule has 0 spiro atoms. The Labute approximate surface area is 141 Å². The van der Waals surface area contributed by atoms with Gasteiger partial charge < -0.3 is 0 Å². The molecule has 0 aromatic heterocycles. The number of aryl methyl sites for hydroxylation is 2. The number of carbonyl (C=O) groups excluding carboxylic acids is 1. The van der Waals surface area contributed by atoms with E-state index in [9.17, 15) is 4.79 Å². The number of benzene rings is 4. The van der Waals surface area contributed by atoms with Crippen molar-refractivity contribution in [2.24, 2.45) is 0 Å². The summed E-state index contributed by atoms with van der Waals surface area (Å²) in [6.07, 6.45) is 0. The van der Waals surface area contributed by atoms with Crippen LogP contribution in [0.1, 0.15) is 27.0 Å². The van der Waals surface area contributed by atoms with Gasteiger partial charge in [0.05, 0.1) is 0 Å². The second-order valence-electron chi connectivity index (χ2n) is 6.39. The lowest BCUT2D eigenvalue weighted by atomic mass is 9.96. The van der Waals surface area contributed by atoms with Crippen molar-refractivity contribution in [3.63, 3.8) is 0 Å². The molecule has 1 heteroatoms. The molecule has 0 amide bonds. The fourth-order valence-corrected chi connectivity index (χ4v) is 3.16. The summed E-state index contributed by atoms with van der Waals surface area (Å²) in [7, 11) is 0. The summed E-state index contributed by atoms with van der Waals surface area (Å²) in [4.78, 5) is 12.9. The minimum Gasteiger partial charge on any atom is -0.289 e. The first-order chi connectivity index (χ1) is 11.6. The van der Waals surface area contributed by atoms with E-state index in [1.54, 1.807) is 0 Å². The molecule has 0 radical (unpaired) electrons. The molecule has 0 saturated heterocycles. The predicted octanol–water partition coefficient (Wildman–Crippen LogP) is 5.84. The first kappa shape index (κ1) is 14.6. The highest BCUT2D eigenvalue weighted by atomic mass is 16.1. The smallest absolute Gasteiger partial charge is 0.193 e. The SMILES string of the molecule is Cc1cc2ccc(C(=O)c3ccc4ccccc4c3)cc2cc1C. The van der Waals surface area contributed by atoms with E-state index in [2.05, 4.69) is 32.0 Å². The minimum atomic E-state index is 0.0703. The summed E-state index contributed by atoms with van der Waals surface area (Å²) in [6, 6.07) is 24.3. The predicted molar refractivity (Wildman–Crippen MR) is 101 cm³/mol. The molecule has 0 heterocycles. The molecule has 116 valence electrons. The van der Waals surface area contributed by atoms with Crippen molar-refractivity contribution < 1.29 is 4.79 Å². The van der Waals surface area contributed by atoms with Crippen molar-refractivity contribution >= 4 is 27.3 Å². The Morgan fingerprint density at radius 1 is 0.583 bits per heavy atom. The molecule has 0 bridgehead atoms. The van der Waals surface area contributed by atoms with Crippen molar-refractivity contribution in [1.82, 2.24) is 0 Å². The number of ketones is 1. The fourth-order valence-electron chi connectivity index (χ4n) is 3.16. The van der Waals surface area contributed by atoms with Crippen molar-refractivity contribution in [1.29, 1.82) is 0 Å². The van der Waals surface area contributed by atoms with E-state index >= 15 is 0 Å². The summed E-state index contributed by atoms with van der Waals surface area (Å²) in [6.45, 7) is 4.22. The van der Waals surface area contributed by atoms with Gasteiger partial charge in [0.2, 0.25) is 0 Å². The van der Waals surface area contributed by atoms with Crippen molar-refractivity contribution in [3.8, 4) is 0 Å². The summed E-state index contributed by atoms with van der Waals surface area (Å²) in [5.41, 5.74) is 3.99. The number of hydrogen-bond donors (Lipinski definition) is 0. The van der Waals surface area contributed by atoms with Gasteiger partial charge in [-0.1, -0.05) is 60.7 Å². The van der Waals surface area contributed by atoms with Crippen LogP contribution in [0, 0.1) is 13.8 Å². The molecule has 0 saturated carbocycles. The molecule has 0 aliphatic carbocycles. The molecule has 0 aliphatic rings. The van der Waals surface area contributed by atoms with Crippen LogP contribution in [0.3, 0.4) is 0 Å². The molecule has 24 heavy (non-hydrogen) atoms. The molecule has 1 nitrogen and oxygen atoms in total. The van der Waals surface area contributed by atoms with Gasteiger partial charge >= 0.3 is 0 Å². The Hall–Kier alpha value is -2.93. The molecular formula is C23H18O. The molecule has 0 N–H and O–H groups in total. The van der Waals surface area contributed by atoms with E-state index in [4.69, 9.17) is 0 Å². The van der Waals surface area contributed by atoms with Crippen LogP contribution in [0.4, 0.5) is 0 Å². The molecule has 0 fully saturated rings. The quantitative estimate of drug-likeness (QED) is 0.425. The van der Waals surface area contributed by atoms with Gasteiger partial charge in [0, 0.05) is 11.1 Å². The van der Waals surface area contributed by atoms with E-state index in [0.29, 0.717) is 0 Å². The van der Waals surface area contributed by atoms with Crippen molar-refractivity contribution in [3.05, 3.63) is 95.1 Å². The second kappa shape index (κ2) is 5.61. The maximum absolute atomic E-state index is 12.9. The van der Waals surface area contributed by atoms with Crippen molar-refractivity contribution in [2.75, 3.05) is 0 Å². The van der Waals surface area contributed by atoms with Crippen LogP contribution in [0.25, 0.3) is 21.5 Å². The highest BCUT2D eigenvalue weighted by Crippen LogP contribution is 2.23. The highest BCUT2D eigenvalue weighted by molar-refractivity contribution is 6.12. The number of rotatable bonds is 2. The largest absolute Gasteiger partial charge is 0.289 e. The minimum absolute atomic E-state index is 0.0703. The normalized spacial score (nSPS) is 11.1. The van der Waals surface area contributed by atoms with Crippen molar-refractivity contribution in [2.45, 2.75) is 13.8 Å². The van der Waals surface area contributed by atoms with Crippen LogP contribution in [0.5, 0.6) is 0 Å². The molecule has 0 atom stereocenters. The molecule has 4 rings (SSSR count). The molecule has 4 aromatic carbocycles. The van der Waals surface area contributed by atoms with E-state index in [0.717, 1.165) is 27.3 Å². The third kappa shape index (κ3) is 2.48. The molecule has 0 aliphatic heterocycles. The number of carbonyl (C=O) groups is 1. The van der Waals surface area contributed by atoms with Crippen LogP contribution in [0.2, 0.25) is 0 Å². The van der Waals surface area contributed by atoms with Gasteiger partial charge in [-0.15, -0.1) is 0 Å². The zero-order valence-corrected chi connectivity index (χ0v) is 13.8. The summed E-state index contributed by atoms with van der Waals surface area (Å²) < 4.78 is 0. The van der Waals surface area contributed by atoms with Crippen LogP contribution in [-0.2, 0) is 0 Å². The Kier molecular flexibility index (Phi) is 3.42. The Bertz CT molecular complexity index is 1090. The Morgan fingerprint density at radius 2 is 1.08 bits per heavy atom. The topological polar surface area (TPSA) is 17.1 Å². The van der Waals surface area contributed by atoms with Gasteiger partial charge in [-0.3, -0.25) is 4.79 Å². The number of fused-ring (bicyclic) bond motifs is 2. The lowest BCUT2D eigenvalue weighted by molar-refractivity contribution is 0.103. The van der Waals surface area contributed by atoms with Gasteiger partial charge in [0.15, 0.2) is 5.78 Å². The fraction of sp³-hybridized carbons (Fsp3) is 0.0870. The van der Waals surface area contributed by atoms with E-state index in [-0.39, 0.29) is 5.78 Å². The zero-order chi connectivity index (χ0) is 16.7. The Morgan fingerprint density at radius 3 is 1.79 bits per heavy atom. The molecular weight excluding hydrogens is 292 g/mol. The first-order valence-electron chi connectivity index (χ1n) is 8.16. The van der Waals surface area contributed by atoms with Crippen LogP contribution < -0.4 is 0 Å². The van der Waals surface area contributed by atoms with E-state index in [1.807, 2.05) is 54.6 Å². The van der Waals surface area contributed by atoms with E-state index < -0.39 is 0 Å². The summed E-state index contributed by atoms with van der Waals surface area (Å²) in [5, 5.41) is 4.53. The van der Waals surface area contributed by atoms with Crippen LogP contribution in [-0.4, -0.2) is 5.78 Å². The van der Waals surface area contributed by atoms with Crippen LogP contribution in [0.15, 0.2) is 72.8 Å². The lowest BCUT2D eigenvalue weighted by Gasteiger charge is -2.07. The average Bonchev–Trinajstić information content (AvgIpc) is 2.61. The standard InChI is InChI=1S/C23H18O/c1-15-11-19-8-10-21(14-22(19)12-16(15)2)23(24)20-9-7-17-5-3-4-6-18(17)13-20/h3-14H,1-2H3. The summed E-state index contributed by atoms with van der Waals surface area (Å²) in [5.74, 6) is 0.0703. The van der Waals surface area contributed by atoms with Gasteiger partial charge in [-0.25, -0.2) is 0 Å². The van der Waals surface area contributed by atoms with Gasteiger partial charge in [-0.2, -0.15) is 0 Å².